The van der Waals surface area contributed by atoms with Crippen molar-refractivity contribution in [3.05, 3.63) is 0 Å². The molecular formula is C12H26N2O3. The fourth-order valence-corrected chi connectivity index (χ4v) is 1.13. The highest BCUT2D eigenvalue weighted by atomic mass is 16.5. The van der Waals surface area contributed by atoms with Crippen LogP contribution in [-0.4, -0.2) is 51.5 Å². The maximum Gasteiger partial charge on any atom is 0.219 e. The van der Waals surface area contributed by atoms with Gasteiger partial charge in [-0.15, -0.1) is 0 Å². The quantitative estimate of drug-likeness (QED) is 0.523. The van der Waals surface area contributed by atoms with Crippen molar-refractivity contribution >= 4 is 5.91 Å². The Hall–Kier alpha value is -0.650. The van der Waals surface area contributed by atoms with Crippen molar-refractivity contribution in [3.63, 3.8) is 0 Å². The topological polar surface area (TPSA) is 59.6 Å². The molecular weight excluding hydrogens is 220 g/mol. The summed E-state index contributed by atoms with van der Waals surface area (Å²) in [6.45, 7) is 9.89. The van der Waals surface area contributed by atoms with E-state index in [0.717, 1.165) is 6.54 Å². The van der Waals surface area contributed by atoms with E-state index in [1.807, 2.05) is 6.92 Å². The molecule has 0 fully saturated rings. The van der Waals surface area contributed by atoms with E-state index in [1.54, 1.807) is 0 Å². The van der Waals surface area contributed by atoms with Gasteiger partial charge in [-0.3, -0.25) is 4.79 Å². The molecule has 0 aliphatic heterocycles. The van der Waals surface area contributed by atoms with Gasteiger partial charge in [-0.1, -0.05) is 20.8 Å². The van der Waals surface area contributed by atoms with Crippen LogP contribution in [0.4, 0.5) is 0 Å². The first-order valence-corrected chi connectivity index (χ1v) is 6.32. The first-order chi connectivity index (χ1) is 8.16. The molecule has 2 N–H and O–H groups in total. The minimum Gasteiger partial charge on any atom is -0.378 e. The van der Waals surface area contributed by atoms with Gasteiger partial charge in [-0.2, -0.15) is 0 Å². The summed E-state index contributed by atoms with van der Waals surface area (Å²) < 4.78 is 10.7. The van der Waals surface area contributed by atoms with Crippen LogP contribution in [0.2, 0.25) is 0 Å². The first kappa shape index (κ1) is 16.4. The Kier molecular flexibility index (Phi) is 11.4. The predicted octanol–water partition coefficient (Wildman–Crippen LogP) is 0.544. The predicted molar refractivity (Wildman–Crippen MR) is 68.1 cm³/mol. The summed E-state index contributed by atoms with van der Waals surface area (Å²) in [5, 5.41) is 6.00. The van der Waals surface area contributed by atoms with Crippen molar-refractivity contribution in [1.29, 1.82) is 0 Å². The lowest BCUT2D eigenvalue weighted by Crippen LogP contribution is -2.28. The molecule has 0 heterocycles. The second kappa shape index (κ2) is 11.8. The molecule has 17 heavy (non-hydrogen) atoms. The average Bonchev–Trinajstić information content (AvgIpc) is 2.30. The van der Waals surface area contributed by atoms with Gasteiger partial charge in [0.1, 0.15) is 0 Å². The van der Waals surface area contributed by atoms with Crippen LogP contribution in [0.25, 0.3) is 0 Å². The van der Waals surface area contributed by atoms with E-state index < -0.39 is 0 Å². The van der Waals surface area contributed by atoms with Crippen LogP contribution in [-0.2, 0) is 14.3 Å². The van der Waals surface area contributed by atoms with Gasteiger partial charge in [0.15, 0.2) is 0 Å². The van der Waals surface area contributed by atoms with Crippen molar-refractivity contribution in [3.8, 4) is 0 Å². The summed E-state index contributed by atoms with van der Waals surface area (Å²) in [6.07, 6.45) is 0.520. The van der Waals surface area contributed by atoms with Gasteiger partial charge in [-0.05, 0) is 0 Å². The number of hydrogen-bond acceptors (Lipinski definition) is 4. The molecule has 0 aliphatic carbocycles. The molecule has 0 radical (unpaired) electrons. The third-order valence-corrected chi connectivity index (χ3v) is 2.06. The Balaban J connectivity index is 3.01. The molecule has 5 nitrogen and oxygen atoms in total. The summed E-state index contributed by atoms with van der Waals surface area (Å²) in [5.74, 6) is 0.0598. The molecule has 5 heteroatoms. The Labute approximate surface area is 104 Å². The van der Waals surface area contributed by atoms with Crippen molar-refractivity contribution in [2.24, 2.45) is 0 Å². The summed E-state index contributed by atoms with van der Waals surface area (Å²) in [7, 11) is 0. The highest BCUT2D eigenvalue weighted by Gasteiger charge is 1.95. The van der Waals surface area contributed by atoms with Crippen molar-refractivity contribution in [2.75, 3.05) is 39.5 Å². The van der Waals surface area contributed by atoms with Crippen LogP contribution in [0, 0.1) is 0 Å². The molecule has 102 valence electrons. The van der Waals surface area contributed by atoms with E-state index in [9.17, 15) is 4.79 Å². The summed E-state index contributed by atoms with van der Waals surface area (Å²) in [6, 6.07) is 0.497. The molecule has 0 saturated carbocycles. The summed E-state index contributed by atoms with van der Waals surface area (Å²) >= 11 is 0. The molecule has 0 bridgehead atoms. The Morgan fingerprint density at radius 1 is 1.06 bits per heavy atom. The van der Waals surface area contributed by atoms with Crippen LogP contribution in [0.1, 0.15) is 27.2 Å². The lowest BCUT2D eigenvalue weighted by atomic mass is 10.4. The van der Waals surface area contributed by atoms with Crippen molar-refractivity contribution in [2.45, 2.75) is 33.2 Å². The Morgan fingerprint density at radius 3 is 2.18 bits per heavy atom. The fourth-order valence-electron chi connectivity index (χ4n) is 1.13. The number of carbonyl (C=O) groups excluding carboxylic acids is 1. The van der Waals surface area contributed by atoms with E-state index in [0.29, 0.717) is 45.4 Å². The minimum absolute atomic E-state index is 0.0598. The molecule has 0 spiro atoms. The summed E-state index contributed by atoms with van der Waals surface area (Å²) in [4.78, 5) is 10.9. The smallest absolute Gasteiger partial charge is 0.219 e. The largest absolute Gasteiger partial charge is 0.378 e. The minimum atomic E-state index is 0.0598. The van der Waals surface area contributed by atoms with Crippen LogP contribution < -0.4 is 10.6 Å². The highest BCUT2D eigenvalue weighted by molar-refractivity contribution is 5.75. The molecule has 0 saturated heterocycles. The van der Waals surface area contributed by atoms with Gasteiger partial charge in [0.25, 0.3) is 0 Å². The first-order valence-electron chi connectivity index (χ1n) is 6.32. The molecule has 0 aromatic heterocycles. The van der Waals surface area contributed by atoms with E-state index in [2.05, 4.69) is 24.5 Å². The van der Waals surface area contributed by atoms with Gasteiger partial charge in [0, 0.05) is 25.6 Å². The molecule has 0 rings (SSSR count). The molecule has 0 atom stereocenters. The standard InChI is InChI=1S/C12H26N2O3/c1-4-12(15)14-6-8-17-10-9-16-7-5-13-11(2)3/h11,13H,4-10H2,1-3H3,(H,14,15). The maximum atomic E-state index is 10.9. The molecule has 0 aliphatic rings. The zero-order chi connectivity index (χ0) is 12.9. The van der Waals surface area contributed by atoms with Crippen LogP contribution in [0.3, 0.4) is 0 Å². The number of carbonyl (C=O) groups is 1. The highest BCUT2D eigenvalue weighted by Crippen LogP contribution is 1.80. The third-order valence-electron chi connectivity index (χ3n) is 2.06. The monoisotopic (exact) mass is 246 g/mol. The van der Waals surface area contributed by atoms with E-state index in [4.69, 9.17) is 9.47 Å². The van der Waals surface area contributed by atoms with E-state index in [1.165, 1.54) is 0 Å². The SMILES string of the molecule is CCC(=O)NCCOCCOCCNC(C)C. The van der Waals surface area contributed by atoms with Gasteiger partial charge < -0.3 is 20.1 Å². The molecule has 0 aromatic carbocycles. The maximum absolute atomic E-state index is 10.9. The van der Waals surface area contributed by atoms with Crippen molar-refractivity contribution in [1.82, 2.24) is 10.6 Å². The van der Waals surface area contributed by atoms with E-state index in [-0.39, 0.29) is 5.91 Å². The van der Waals surface area contributed by atoms with Gasteiger partial charge in [0.2, 0.25) is 5.91 Å². The lowest BCUT2D eigenvalue weighted by molar-refractivity contribution is -0.121. The lowest BCUT2D eigenvalue weighted by Gasteiger charge is -2.09. The normalized spacial score (nSPS) is 10.8. The number of hydrogen-bond donors (Lipinski definition) is 2. The molecule has 1 amide bonds. The Morgan fingerprint density at radius 2 is 1.65 bits per heavy atom. The average molecular weight is 246 g/mol. The van der Waals surface area contributed by atoms with E-state index >= 15 is 0 Å². The van der Waals surface area contributed by atoms with Crippen molar-refractivity contribution < 1.29 is 14.3 Å². The van der Waals surface area contributed by atoms with Gasteiger partial charge >= 0.3 is 0 Å². The summed E-state index contributed by atoms with van der Waals surface area (Å²) in [5.41, 5.74) is 0. The molecule has 0 unspecified atom stereocenters. The number of nitrogens with one attached hydrogen (secondary N) is 2. The third kappa shape index (κ3) is 13.3. The second-order valence-electron chi connectivity index (χ2n) is 4.04. The number of amides is 1. The Bertz CT molecular complexity index is 187. The zero-order valence-corrected chi connectivity index (χ0v) is 11.3. The number of rotatable bonds is 11. The van der Waals surface area contributed by atoms with Crippen LogP contribution in [0.5, 0.6) is 0 Å². The van der Waals surface area contributed by atoms with Crippen LogP contribution >= 0.6 is 0 Å². The second-order valence-corrected chi connectivity index (χ2v) is 4.04. The number of ether oxygens (including phenoxy) is 2. The van der Waals surface area contributed by atoms with Gasteiger partial charge in [0.05, 0.1) is 26.4 Å². The fraction of sp³-hybridized carbons (Fsp3) is 0.917. The molecule has 0 aromatic rings. The van der Waals surface area contributed by atoms with Gasteiger partial charge in [-0.25, -0.2) is 0 Å². The van der Waals surface area contributed by atoms with Crippen LogP contribution in [0.15, 0.2) is 0 Å². The zero-order valence-electron chi connectivity index (χ0n) is 11.3.